The van der Waals surface area contributed by atoms with E-state index in [0.29, 0.717) is 18.7 Å². The van der Waals surface area contributed by atoms with Crippen LogP contribution in [0.1, 0.15) is 24.8 Å². The maximum absolute atomic E-state index is 12.2. The molecular formula is C15H20N2O3. The first-order valence-electron chi connectivity index (χ1n) is 6.88. The van der Waals surface area contributed by atoms with Gasteiger partial charge in [-0.3, -0.25) is 9.59 Å². The molecule has 5 nitrogen and oxygen atoms in total. The highest BCUT2D eigenvalue weighted by molar-refractivity contribution is 5.79. The third-order valence-corrected chi connectivity index (χ3v) is 3.64. The maximum atomic E-state index is 12.2. The minimum absolute atomic E-state index is 0.0469. The number of aliphatic carboxylic acids is 1. The molecule has 0 unspecified atom stereocenters. The van der Waals surface area contributed by atoms with Crippen LogP contribution in [-0.4, -0.2) is 35.0 Å². The lowest BCUT2D eigenvalue weighted by Crippen LogP contribution is -2.41. The Bertz CT molecular complexity index is 502. The van der Waals surface area contributed by atoms with E-state index in [1.807, 2.05) is 12.1 Å². The van der Waals surface area contributed by atoms with Gasteiger partial charge in [-0.15, -0.1) is 0 Å². The van der Waals surface area contributed by atoms with Gasteiger partial charge in [-0.25, -0.2) is 0 Å². The predicted molar refractivity (Wildman–Crippen MR) is 76.1 cm³/mol. The zero-order valence-electron chi connectivity index (χ0n) is 11.4. The number of benzene rings is 1. The summed E-state index contributed by atoms with van der Waals surface area (Å²) in [6.45, 7) is 1.27. The van der Waals surface area contributed by atoms with E-state index in [4.69, 9.17) is 10.8 Å². The zero-order valence-corrected chi connectivity index (χ0v) is 11.4. The number of likely N-dealkylation sites (tertiary alicyclic amines) is 1. The van der Waals surface area contributed by atoms with Gasteiger partial charge < -0.3 is 15.7 Å². The molecule has 1 heterocycles. The molecule has 20 heavy (non-hydrogen) atoms. The molecule has 3 N–H and O–H groups in total. The summed E-state index contributed by atoms with van der Waals surface area (Å²) in [5, 5.41) is 8.84. The van der Waals surface area contributed by atoms with Crippen LogP contribution in [0.15, 0.2) is 24.3 Å². The van der Waals surface area contributed by atoms with Crippen molar-refractivity contribution in [3.8, 4) is 0 Å². The van der Waals surface area contributed by atoms with E-state index in [1.54, 1.807) is 17.0 Å². The zero-order chi connectivity index (χ0) is 14.5. The van der Waals surface area contributed by atoms with E-state index in [0.717, 1.165) is 24.9 Å². The number of rotatable bonds is 4. The van der Waals surface area contributed by atoms with Crippen molar-refractivity contribution in [1.82, 2.24) is 4.90 Å². The molecule has 1 aliphatic heterocycles. The number of hydrogen-bond acceptors (Lipinski definition) is 3. The summed E-state index contributed by atoms with van der Waals surface area (Å²) in [7, 11) is 0. The molecule has 1 amide bonds. The second-order valence-electron chi connectivity index (χ2n) is 5.37. The van der Waals surface area contributed by atoms with Gasteiger partial charge in [0, 0.05) is 25.2 Å². The van der Waals surface area contributed by atoms with Crippen LogP contribution in [0.5, 0.6) is 0 Å². The first-order valence-corrected chi connectivity index (χ1v) is 6.88. The number of nitrogens with two attached hydrogens (primary N) is 1. The lowest BCUT2D eigenvalue weighted by atomic mass is 9.94. The number of nitrogens with zero attached hydrogens (tertiary/aromatic N) is 1. The van der Waals surface area contributed by atoms with E-state index in [9.17, 15) is 9.59 Å². The number of carboxylic acids is 1. The first kappa shape index (κ1) is 14.4. The van der Waals surface area contributed by atoms with E-state index in [1.165, 1.54) is 0 Å². The molecule has 0 bridgehead atoms. The average Bonchev–Trinajstić information content (AvgIpc) is 2.38. The molecule has 0 spiro atoms. The Labute approximate surface area is 118 Å². The van der Waals surface area contributed by atoms with E-state index in [-0.39, 0.29) is 18.2 Å². The number of carboxylic acid groups (broad SMARTS) is 1. The summed E-state index contributed by atoms with van der Waals surface area (Å²) in [4.78, 5) is 24.8. The Morgan fingerprint density at radius 3 is 2.90 bits per heavy atom. The van der Waals surface area contributed by atoms with Gasteiger partial charge in [0.05, 0.1) is 6.42 Å². The topological polar surface area (TPSA) is 83.6 Å². The van der Waals surface area contributed by atoms with E-state index >= 15 is 0 Å². The molecule has 2 rings (SSSR count). The van der Waals surface area contributed by atoms with Crippen LogP contribution in [-0.2, 0) is 16.0 Å². The number of amides is 1. The van der Waals surface area contributed by atoms with Crippen LogP contribution >= 0.6 is 0 Å². The van der Waals surface area contributed by atoms with Crippen LogP contribution in [0, 0.1) is 5.92 Å². The fourth-order valence-electron chi connectivity index (χ4n) is 2.69. The number of carbonyl (C=O) groups excluding carboxylic acids is 1. The van der Waals surface area contributed by atoms with Gasteiger partial charge in [0.15, 0.2) is 0 Å². The summed E-state index contributed by atoms with van der Waals surface area (Å²) in [5.74, 6) is -0.670. The number of nitrogen functional groups attached to an aromatic ring is 1. The predicted octanol–water partition coefficient (Wildman–Crippen LogP) is 1.52. The summed E-state index contributed by atoms with van der Waals surface area (Å²) in [5.41, 5.74) is 7.25. The summed E-state index contributed by atoms with van der Waals surface area (Å²) >= 11 is 0. The van der Waals surface area contributed by atoms with E-state index < -0.39 is 5.97 Å². The summed E-state index contributed by atoms with van der Waals surface area (Å²) in [6.07, 6.45) is 2.22. The van der Waals surface area contributed by atoms with Crippen molar-refractivity contribution < 1.29 is 14.7 Å². The Balaban J connectivity index is 1.93. The summed E-state index contributed by atoms with van der Waals surface area (Å²) < 4.78 is 0. The molecule has 1 saturated heterocycles. The number of carbonyl (C=O) groups is 2. The molecule has 1 aromatic carbocycles. The number of hydrogen-bond donors (Lipinski definition) is 2. The third-order valence-electron chi connectivity index (χ3n) is 3.64. The van der Waals surface area contributed by atoms with Crippen molar-refractivity contribution in [2.24, 2.45) is 5.92 Å². The first-order chi connectivity index (χ1) is 9.54. The highest BCUT2D eigenvalue weighted by Gasteiger charge is 2.25. The second-order valence-corrected chi connectivity index (χ2v) is 5.37. The fraction of sp³-hybridized carbons (Fsp3) is 0.467. The molecule has 1 atom stereocenters. The van der Waals surface area contributed by atoms with Gasteiger partial charge in [0.1, 0.15) is 0 Å². The molecule has 5 heteroatoms. The molecular weight excluding hydrogens is 256 g/mol. The minimum atomic E-state index is -0.792. The minimum Gasteiger partial charge on any atom is -0.481 e. The van der Waals surface area contributed by atoms with Crippen molar-refractivity contribution in [1.29, 1.82) is 0 Å². The monoisotopic (exact) mass is 276 g/mol. The molecule has 0 radical (unpaired) electrons. The molecule has 1 aliphatic rings. The molecule has 108 valence electrons. The summed E-state index contributed by atoms with van der Waals surface area (Å²) in [6, 6.07) is 7.31. The Morgan fingerprint density at radius 1 is 1.40 bits per heavy atom. The largest absolute Gasteiger partial charge is 0.481 e. The van der Waals surface area contributed by atoms with Crippen LogP contribution in [0.3, 0.4) is 0 Å². The number of piperidine rings is 1. The maximum Gasteiger partial charge on any atom is 0.303 e. The fourth-order valence-corrected chi connectivity index (χ4v) is 2.69. The van der Waals surface area contributed by atoms with Crippen molar-refractivity contribution in [2.75, 3.05) is 18.8 Å². The lowest BCUT2D eigenvalue weighted by molar-refractivity contribution is -0.140. The van der Waals surface area contributed by atoms with Gasteiger partial charge in [-0.05, 0) is 36.5 Å². The van der Waals surface area contributed by atoms with Gasteiger partial charge in [-0.2, -0.15) is 0 Å². The Kier molecular flexibility index (Phi) is 4.61. The second kappa shape index (κ2) is 6.41. The molecule has 0 aliphatic carbocycles. The van der Waals surface area contributed by atoms with Gasteiger partial charge in [-0.1, -0.05) is 12.1 Å². The third kappa shape index (κ3) is 3.98. The van der Waals surface area contributed by atoms with Crippen LogP contribution < -0.4 is 5.73 Å². The van der Waals surface area contributed by atoms with E-state index in [2.05, 4.69) is 0 Å². The van der Waals surface area contributed by atoms with Crippen LogP contribution in [0.25, 0.3) is 0 Å². The van der Waals surface area contributed by atoms with Crippen molar-refractivity contribution in [2.45, 2.75) is 25.7 Å². The molecule has 0 saturated carbocycles. The van der Waals surface area contributed by atoms with Crippen molar-refractivity contribution in [3.05, 3.63) is 29.8 Å². The SMILES string of the molecule is Nc1cccc(CC(=O)N2CCC[C@H](CC(=O)O)C2)c1. The molecule has 1 fully saturated rings. The standard InChI is InChI=1S/C15H20N2O3/c16-13-5-1-3-11(7-13)8-14(18)17-6-2-4-12(10-17)9-15(19)20/h1,3,5,7,12H,2,4,6,8-10,16H2,(H,19,20)/t12-/m1/s1. The lowest BCUT2D eigenvalue weighted by Gasteiger charge is -2.32. The van der Waals surface area contributed by atoms with Gasteiger partial charge >= 0.3 is 5.97 Å². The molecule has 0 aromatic heterocycles. The Hall–Kier alpha value is -2.04. The average molecular weight is 276 g/mol. The van der Waals surface area contributed by atoms with Gasteiger partial charge in [0.25, 0.3) is 0 Å². The van der Waals surface area contributed by atoms with Gasteiger partial charge in [0.2, 0.25) is 5.91 Å². The molecule has 1 aromatic rings. The smallest absolute Gasteiger partial charge is 0.303 e. The van der Waals surface area contributed by atoms with Crippen molar-refractivity contribution in [3.63, 3.8) is 0 Å². The normalized spacial score (nSPS) is 18.8. The van der Waals surface area contributed by atoms with Crippen LogP contribution in [0.4, 0.5) is 5.69 Å². The van der Waals surface area contributed by atoms with Crippen LogP contribution in [0.2, 0.25) is 0 Å². The highest BCUT2D eigenvalue weighted by Crippen LogP contribution is 2.20. The van der Waals surface area contributed by atoms with Crippen molar-refractivity contribution >= 4 is 17.6 Å². The number of anilines is 1. The quantitative estimate of drug-likeness (QED) is 0.817. The highest BCUT2D eigenvalue weighted by atomic mass is 16.4. The Morgan fingerprint density at radius 2 is 2.20 bits per heavy atom.